The van der Waals surface area contributed by atoms with Crippen molar-refractivity contribution in [2.45, 2.75) is 37.9 Å². The Morgan fingerprint density at radius 1 is 0.958 bits per heavy atom. The van der Waals surface area contributed by atoms with Crippen molar-refractivity contribution < 1.29 is 19.0 Å². The number of amides is 1. The Labute approximate surface area is 144 Å². The second-order valence-corrected chi connectivity index (χ2v) is 7.70. The smallest absolute Gasteiger partial charge is 0.251 e. The number of carbonyl (C=O) groups excluding carboxylic acids is 1. The summed E-state index contributed by atoms with van der Waals surface area (Å²) in [6.07, 6.45) is 4.47. The Hall–Kier alpha value is -0.690. The van der Waals surface area contributed by atoms with E-state index in [0.29, 0.717) is 32.2 Å². The third-order valence-corrected chi connectivity index (χ3v) is 6.09. The van der Waals surface area contributed by atoms with Crippen molar-refractivity contribution in [2.24, 2.45) is 11.8 Å². The summed E-state index contributed by atoms with van der Waals surface area (Å²) in [5.74, 6) is 1.51. The molecular formula is C18H30N2O4. The van der Waals surface area contributed by atoms with Crippen molar-refractivity contribution in [2.75, 3.05) is 59.2 Å². The van der Waals surface area contributed by atoms with Crippen molar-refractivity contribution >= 4 is 5.91 Å². The second-order valence-electron chi connectivity index (χ2n) is 7.70. The zero-order chi connectivity index (χ0) is 16.4. The van der Waals surface area contributed by atoms with Crippen molar-refractivity contribution in [3.8, 4) is 0 Å². The lowest BCUT2D eigenvalue weighted by Gasteiger charge is -2.37. The normalized spacial score (nSPS) is 35.8. The maximum atomic E-state index is 12.7. The van der Waals surface area contributed by atoms with Crippen LogP contribution in [0.5, 0.6) is 0 Å². The highest BCUT2D eigenvalue weighted by atomic mass is 16.5. The van der Waals surface area contributed by atoms with Gasteiger partial charge in [-0.3, -0.25) is 4.79 Å². The van der Waals surface area contributed by atoms with E-state index < -0.39 is 0 Å². The minimum absolute atomic E-state index is 0.184. The number of carbonyl (C=O) groups is 1. The standard InChI is InChI=1S/C18H30N2O4/c21-18(20-5-9-23-10-6-20)16-11-15-1-4-19(13-17(15)24-16)12-14-2-7-22-8-3-14/h14-17H,1-13H2/t15-,16+,17-/m0/s1. The van der Waals surface area contributed by atoms with E-state index in [1.807, 2.05) is 4.90 Å². The zero-order valence-electron chi connectivity index (χ0n) is 14.5. The molecule has 0 saturated carbocycles. The summed E-state index contributed by atoms with van der Waals surface area (Å²) in [6.45, 7) is 7.88. The van der Waals surface area contributed by atoms with E-state index in [4.69, 9.17) is 14.2 Å². The molecule has 3 atom stereocenters. The van der Waals surface area contributed by atoms with Crippen LogP contribution in [-0.4, -0.2) is 87.1 Å². The molecule has 0 N–H and O–H groups in total. The summed E-state index contributed by atoms with van der Waals surface area (Å²) in [5.41, 5.74) is 0. The van der Waals surface area contributed by atoms with Gasteiger partial charge in [0.25, 0.3) is 5.91 Å². The van der Waals surface area contributed by atoms with E-state index >= 15 is 0 Å². The second kappa shape index (κ2) is 7.68. The quantitative estimate of drug-likeness (QED) is 0.760. The molecule has 4 aliphatic heterocycles. The summed E-state index contributed by atoms with van der Waals surface area (Å²) in [5, 5.41) is 0. The van der Waals surface area contributed by atoms with Gasteiger partial charge in [-0.2, -0.15) is 0 Å². The number of rotatable bonds is 3. The van der Waals surface area contributed by atoms with Crippen LogP contribution in [0.3, 0.4) is 0 Å². The van der Waals surface area contributed by atoms with Gasteiger partial charge in [-0.25, -0.2) is 0 Å². The average molecular weight is 338 g/mol. The monoisotopic (exact) mass is 338 g/mol. The average Bonchev–Trinajstić information content (AvgIpc) is 3.06. The summed E-state index contributed by atoms with van der Waals surface area (Å²) >= 11 is 0. The molecular weight excluding hydrogens is 308 g/mol. The molecule has 4 rings (SSSR count). The van der Waals surface area contributed by atoms with Crippen LogP contribution in [0.1, 0.15) is 25.7 Å². The molecule has 0 aromatic rings. The van der Waals surface area contributed by atoms with Crippen LogP contribution in [0.2, 0.25) is 0 Å². The Morgan fingerprint density at radius 2 is 1.71 bits per heavy atom. The van der Waals surface area contributed by atoms with Gasteiger partial charge in [-0.1, -0.05) is 0 Å². The molecule has 0 aromatic carbocycles. The maximum absolute atomic E-state index is 12.7. The SMILES string of the molecule is O=C([C@H]1C[C@@H]2CCN(CC3CCOCC3)C[C@@H]2O1)N1CCOCC1. The molecule has 0 aromatic heterocycles. The molecule has 4 heterocycles. The maximum Gasteiger partial charge on any atom is 0.251 e. The molecule has 0 aliphatic carbocycles. The molecule has 0 bridgehead atoms. The van der Waals surface area contributed by atoms with Crippen LogP contribution in [0.25, 0.3) is 0 Å². The third-order valence-electron chi connectivity index (χ3n) is 6.09. The summed E-state index contributed by atoms with van der Waals surface area (Å²) in [6, 6.07) is 0. The van der Waals surface area contributed by atoms with Gasteiger partial charge in [-0.05, 0) is 44.1 Å². The van der Waals surface area contributed by atoms with E-state index in [9.17, 15) is 4.79 Å². The van der Waals surface area contributed by atoms with Gasteiger partial charge < -0.3 is 24.0 Å². The number of nitrogens with zero attached hydrogens (tertiary/aromatic N) is 2. The first-order chi connectivity index (χ1) is 11.8. The van der Waals surface area contributed by atoms with Gasteiger partial charge in [0.15, 0.2) is 0 Å². The molecule has 4 aliphatic rings. The van der Waals surface area contributed by atoms with E-state index in [1.54, 1.807) is 0 Å². The predicted octanol–water partition coefficient (Wildman–Crippen LogP) is 0.751. The minimum atomic E-state index is -0.221. The van der Waals surface area contributed by atoms with Gasteiger partial charge in [0.1, 0.15) is 6.10 Å². The number of hydrogen-bond acceptors (Lipinski definition) is 5. The molecule has 6 heteroatoms. The van der Waals surface area contributed by atoms with E-state index in [-0.39, 0.29) is 18.1 Å². The third kappa shape index (κ3) is 3.77. The van der Waals surface area contributed by atoms with Gasteiger partial charge >= 0.3 is 0 Å². The number of ether oxygens (including phenoxy) is 3. The molecule has 0 radical (unpaired) electrons. The highest BCUT2D eigenvalue weighted by molar-refractivity contribution is 5.81. The fraction of sp³-hybridized carbons (Fsp3) is 0.944. The van der Waals surface area contributed by atoms with Crippen LogP contribution < -0.4 is 0 Å². The van der Waals surface area contributed by atoms with E-state index in [0.717, 1.165) is 45.2 Å². The molecule has 6 nitrogen and oxygen atoms in total. The molecule has 0 unspecified atom stereocenters. The van der Waals surface area contributed by atoms with E-state index in [1.165, 1.54) is 19.3 Å². The number of fused-ring (bicyclic) bond motifs is 1. The van der Waals surface area contributed by atoms with Crippen LogP contribution in [0.15, 0.2) is 0 Å². The topological polar surface area (TPSA) is 51.2 Å². The molecule has 0 spiro atoms. The molecule has 136 valence electrons. The lowest BCUT2D eigenvalue weighted by atomic mass is 9.90. The van der Waals surface area contributed by atoms with Gasteiger partial charge in [0.2, 0.25) is 0 Å². The fourth-order valence-corrected chi connectivity index (χ4v) is 4.60. The van der Waals surface area contributed by atoms with Crippen LogP contribution in [0.4, 0.5) is 0 Å². The van der Waals surface area contributed by atoms with E-state index in [2.05, 4.69) is 4.90 Å². The summed E-state index contributed by atoms with van der Waals surface area (Å²) < 4.78 is 17.0. The first-order valence-electron chi connectivity index (χ1n) is 9.61. The van der Waals surface area contributed by atoms with Crippen molar-refractivity contribution in [3.63, 3.8) is 0 Å². The summed E-state index contributed by atoms with van der Waals surface area (Å²) in [7, 11) is 0. The molecule has 4 saturated heterocycles. The number of likely N-dealkylation sites (tertiary alicyclic amines) is 1. The highest BCUT2D eigenvalue weighted by Crippen LogP contribution is 2.34. The Morgan fingerprint density at radius 3 is 2.50 bits per heavy atom. The van der Waals surface area contributed by atoms with Crippen LogP contribution in [-0.2, 0) is 19.0 Å². The number of piperidine rings is 1. The van der Waals surface area contributed by atoms with Gasteiger partial charge in [-0.15, -0.1) is 0 Å². The predicted molar refractivity (Wildman–Crippen MR) is 88.8 cm³/mol. The first kappa shape index (κ1) is 16.8. The minimum Gasteiger partial charge on any atom is -0.381 e. The zero-order valence-corrected chi connectivity index (χ0v) is 14.5. The molecule has 4 fully saturated rings. The Bertz CT molecular complexity index is 435. The summed E-state index contributed by atoms with van der Waals surface area (Å²) in [4.78, 5) is 17.1. The Balaban J connectivity index is 1.28. The molecule has 24 heavy (non-hydrogen) atoms. The Kier molecular flexibility index (Phi) is 5.37. The fourth-order valence-electron chi connectivity index (χ4n) is 4.60. The first-order valence-corrected chi connectivity index (χ1v) is 9.61. The molecule has 1 amide bonds. The van der Waals surface area contributed by atoms with Crippen molar-refractivity contribution in [1.82, 2.24) is 9.80 Å². The largest absolute Gasteiger partial charge is 0.381 e. The number of hydrogen-bond donors (Lipinski definition) is 0. The van der Waals surface area contributed by atoms with Crippen molar-refractivity contribution in [1.29, 1.82) is 0 Å². The number of morpholine rings is 1. The van der Waals surface area contributed by atoms with Crippen LogP contribution >= 0.6 is 0 Å². The lowest BCUT2D eigenvalue weighted by molar-refractivity contribution is -0.147. The van der Waals surface area contributed by atoms with Crippen LogP contribution in [0, 0.1) is 11.8 Å². The van der Waals surface area contributed by atoms with Gasteiger partial charge in [0, 0.05) is 39.4 Å². The van der Waals surface area contributed by atoms with Gasteiger partial charge in [0.05, 0.1) is 19.3 Å². The van der Waals surface area contributed by atoms with Crippen molar-refractivity contribution in [3.05, 3.63) is 0 Å². The lowest BCUT2D eigenvalue weighted by Crippen LogP contribution is -2.46. The highest BCUT2D eigenvalue weighted by Gasteiger charge is 2.43.